The largest absolute Gasteiger partial charge is 0.215 e. The number of tetrazole rings is 1. The van der Waals surface area contributed by atoms with Crippen molar-refractivity contribution in [1.82, 2.24) is 20.2 Å². The van der Waals surface area contributed by atoms with Gasteiger partial charge in [-0.3, -0.25) is 0 Å². The first kappa shape index (κ1) is 17.3. The molecule has 0 N–H and O–H groups in total. The molecule has 27 heavy (non-hydrogen) atoms. The first-order chi connectivity index (χ1) is 13.3. The topological polar surface area (TPSA) is 76.3 Å². The number of hydrogen-bond acceptors (Lipinski definition) is 5. The van der Waals surface area contributed by atoms with Crippen LogP contribution >= 0.6 is 0 Å². The van der Waals surface area contributed by atoms with Crippen molar-refractivity contribution in [2.24, 2.45) is 5.29 Å². The molecule has 1 fully saturated rings. The highest BCUT2D eigenvalue weighted by Crippen LogP contribution is 2.44. The minimum absolute atomic E-state index is 0.660. The quantitative estimate of drug-likeness (QED) is 0.499. The fourth-order valence-electron chi connectivity index (χ4n) is 4.05. The molecule has 7 heteroatoms. The van der Waals surface area contributed by atoms with E-state index in [2.05, 4.69) is 20.8 Å². The van der Waals surface area contributed by atoms with Crippen LogP contribution in [0.15, 0.2) is 59.9 Å². The van der Waals surface area contributed by atoms with Gasteiger partial charge in [-0.05, 0) is 54.0 Å². The summed E-state index contributed by atoms with van der Waals surface area (Å²) in [6, 6.07) is 17.5. The number of rotatable bonds is 5. The highest BCUT2D eigenvalue weighted by Gasteiger charge is 2.46. The Morgan fingerprint density at radius 2 is 1.70 bits per heavy atom. The molecule has 1 saturated carbocycles. The van der Waals surface area contributed by atoms with Crippen molar-refractivity contribution in [3.63, 3.8) is 0 Å². The molecule has 1 aromatic heterocycles. The van der Waals surface area contributed by atoms with Crippen LogP contribution in [0.3, 0.4) is 0 Å². The van der Waals surface area contributed by atoms with E-state index in [-0.39, 0.29) is 0 Å². The molecule has 0 saturated heterocycles. The monoisotopic (exact) mass is 362 g/mol. The number of aromatic nitrogens is 4. The summed E-state index contributed by atoms with van der Waals surface area (Å²) in [4.78, 5) is 12.0. The minimum Gasteiger partial charge on any atom is -0.215 e. The van der Waals surface area contributed by atoms with Gasteiger partial charge in [-0.25, -0.2) is 5.01 Å². The summed E-state index contributed by atoms with van der Waals surface area (Å²) in [5.41, 5.74) is 2.09. The van der Waals surface area contributed by atoms with Gasteiger partial charge in [0.25, 0.3) is 0 Å². The fourth-order valence-corrected chi connectivity index (χ4v) is 4.05. The number of anilines is 1. The van der Waals surface area contributed by atoms with Crippen molar-refractivity contribution >= 4 is 5.69 Å². The van der Waals surface area contributed by atoms with Crippen LogP contribution in [-0.4, -0.2) is 20.2 Å². The first-order valence-corrected chi connectivity index (χ1v) is 9.30. The summed E-state index contributed by atoms with van der Waals surface area (Å²) in [5.74, 6) is 0.667. The Hall–Kier alpha value is -3.09. The zero-order valence-corrected chi connectivity index (χ0v) is 15.3. The Balaban J connectivity index is 1.89. The van der Waals surface area contributed by atoms with E-state index in [1.807, 2.05) is 61.5 Å². The van der Waals surface area contributed by atoms with E-state index < -0.39 is 5.54 Å². The van der Waals surface area contributed by atoms with E-state index in [4.69, 9.17) is 0 Å². The van der Waals surface area contributed by atoms with Crippen LogP contribution in [0.5, 0.6) is 0 Å². The standard InChI is InChI=1S/C20H22N6O/c1-16-10-6-7-13-18(16)25-19(21-22-23-25)20(14-8-3-9-15-20)26(24-27)17-11-4-2-5-12-17/h2,4-7,10-13H,3,8-9,14-15H2,1H3. The van der Waals surface area contributed by atoms with Gasteiger partial charge < -0.3 is 0 Å². The molecule has 2 aromatic carbocycles. The molecular weight excluding hydrogens is 340 g/mol. The van der Waals surface area contributed by atoms with Crippen molar-refractivity contribution in [3.05, 3.63) is 70.9 Å². The fraction of sp³-hybridized carbons (Fsp3) is 0.350. The average molecular weight is 362 g/mol. The third-order valence-corrected chi connectivity index (χ3v) is 5.40. The maximum absolute atomic E-state index is 12.0. The van der Waals surface area contributed by atoms with E-state index in [1.165, 1.54) is 0 Å². The first-order valence-electron chi connectivity index (χ1n) is 9.30. The Morgan fingerprint density at radius 1 is 1.00 bits per heavy atom. The normalized spacial score (nSPS) is 16.0. The van der Waals surface area contributed by atoms with Crippen molar-refractivity contribution < 1.29 is 0 Å². The third kappa shape index (κ3) is 2.99. The van der Waals surface area contributed by atoms with Crippen molar-refractivity contribution in [2.45, 2.75) is 44.6 Å². The molecule has 0 amide bonds. The smallest absolute Gasteiger partial charge is 0.184 e. The molecule has 0 spiro atoms. The number of aryl methyl sites for hydroxylation is 1. The van der Waals surface area contributed by atoms with Gasteiger partial charge in [0.1, 0.15) is 5.54 Å². The predicted octanol–water partition coefficient (Wildman–Crippen LogP) is 4.32. The summed E-state index contributed by atoms with van der Waals surface area (Å²) >= 11 is 0. The number of benzene rings is 2. The summed E-state index contributed by atoms with van der Waals surface area (Å²) in [6.07, 6.45) is 4.69. The van der Waals surface area contributed by atoms with Crippen LogP contribution < -0.4 is 5.01 Å². The molecule has 0 atom stereocenters. The molecule has 138 valence electrons. The number of para-hydroxylation sites is 2. The van der Waals surface area contributed by atoms with E-state index in [1.54, 1.807) is 9.69 Å². The van der Waals surface area contributed by atoms with Crippen LogP contribution in [-0.2, 0) is 5.54 Å². The molecular formula is C20H22N6O. The number of hydrogen-bond donors (Lipinski definition) is 0. The zero-order valence-electron chi connectivity index (χ0n) is 15.3. The lowest BCUT2D eigenvalue weighted by atomic mass is 9.80. The second kappa shape index (κ2) is 7.26. The van der Waals surface area contributed by atoms with Crippen molar-refractivity contribution in [3.8, 4) is 5.69 Å². The highest BCUT2D eigenvalue weighted by molar-refractivity contribution is 5.50. The van der Waals surface area contributed by atoms with Crippen molar-refractivity contribution in [1.29, 1.82) is 0 Å². The predicted molar refractivity (Wildman–Crippen MR) is 103 cm³/mol. The lowest BCUT2D eigenvalue weighted by molar-refractivity contribution is 0.260. The Bertz CT molecular complexity index is 917. The van der Waals surface area contributed by atoms with Crippen LogP contribution in [0.2, 0.25) is 0 Å². The van der Waals surface area contributed by atoms with E-state index >= 15 is 0 Å². The highest BCUT2D eigenvalue weighted by atomic mass is 16.3. The van der Waals surface area contributed by atoms with E-state index in [0.717, 1.165) is 49.0 Å². The SMILES string of the molecule is Cc1ccccc1-n1nnnc1C1(N(N=O)c2ccccc2)CCCCC1. The van der Waals surface area contributed by atoms with Gasteiger partial charge in [-0.1, -0.05) is 55.7 Å². The molecule has 7 nitrogen and oxygen atoms in total. The maximum atomic E-state index is 12.0. The Kier molecular flexibility index (Phi) is 4.66. The molecule has 4 rings (SSSR count). The van der Waals surface area contributed by atoms with Gasteiger partial charge in [0.15, 0.2) is 5.82 Å². The summed E-state index contributed by atoms with van der Waals surface area (Å²) < 4.78 is 1.77. The minimum atomic E-state index is -0.660. The lowest BCUT2D eigenvalue weighted by Gasteiger charge is -2.41. The van der Waals surface area contributed by atoms with Crippen LogP contribution in [0.4, 0.5) is 5.69 Å². The van der Waals surface area contributed by atoms with E-state index in [9.17, 15) is 4.91 Å². The second-order valence-electron chi connectivity index (χ2n) is 7.02. The summed E-state index contributed by atoms with van der Waals surface area (Å²) in [5, 5.41) is 17.6. The number of nitrogens with zero attached hydrogens (tertiary/aromatic N) is 6. The van der Waals surface area contributed by atoms with Crippen LogP contribution in [0.1, 0.15) is 43.5 Å². The summed E-state index contributed by atoms with van der Waals surface area (Å²) in [7, 11) is 0. The molecule has 1 aliphatic rings. The van der Waals surface area contributed by atoms with E-state index in [0.29, 0.717) is 5.82 Å². The number of nitroso groups, excluding NO2 is 1. The molecule has 1 heterocycles. The van der Waals surface area contributed by atoms with Gasteiger partial charge in [0, 0.05) is 0 Å². The van der Waals surface area contributed by atoms with Gasteiger partial charge in [-0.15, -0.1) is 10.0 Å². The molecule has 0 aliphatic heterocycles. The van der Waals surface area contributed by atoms with Gasteiger partial charge >= 0.3 is 0 Å². The lowest BCUT2D eigenvalue weighted by Crippen LogP contribution is -2.46. The van der Waals surface area contributed by atoms with Crippen molar-refractivity contribution in [2.75, 3.05) is 5.01 Å². The van der Waals surface area contributed by atoms with Gasteiger partial charge in [0.05, 0.1) is 16.7 Å². The molecule has 3 aromatic rings. The molecule has 0 radical (unpaired) electrons. The molecule has 0 bridgehead atoms. The second-order valence-corrected chi connectivity index (χ2v) is 7.02. The third-order valence-electron chi connectivity index (χ3n) is 5.40. The molecule has 1 aliphatic carbocycles. The van der Waals surface area contributed by atoms with Gasteiger partial charge in [0.2, 0.25) is 0 Å². The van der Waals surface area contributed by atoms with Gasteiger partial charge in [-0.2, -0.15) is 4.68 Å². The average Bonchev–Trinajstić information content (AvgIpc) is 3.21. The zero-order chi connectivity index (χ0) is 18.7. The van der Waals surface area contributed by atoms with Crippen LogP contribution in [0, 0.1) is 11.8 Å². The van der Waals surface area contributed by atoms with Crippen LogP contribution in [0.25, 0.3) is 5.69 Å². The Labute approximate surface area is 158 Å². The maximum Gasteiger partial charge on any atom is 0.184 e. The molecule has 0 unspecified atom stereocenters. The Morgan fingerprint density at radius 3 is 2.41 bits per heavy atom. The summed E-state index contributed by atoms with van der Waals surface area (Å²) in [6.45, 7) is 2.03.